The third kappa shape index (κ3) is 3.14. The first-order valence-corrected chi connectivity index (χ1v) is 8.97. The molecule has 0 radical (unpaired) electrons. The molecular weight excluding hydrogens is 262 g/mol. The van der Waals surface area contributed by atoms with E-state index < -0.39 is 0 Å². The maximum atomic E-state index is 9.80. The summed E-state index contributed by atoms with van der Waals surface area (Å²) in [5.74, 6) is 0.876. The van der Waals surface area contributed by atoms with Crippen molar-refractivity contribution >= 4 is 0 Å². The van der Waals surface area contributed by atoms with Crippen LogP contribution in [-0.4, -0.2) is 72.4 Å². The highest BCUT2D eigenvalue weighted by atomic mass is 16.3. The second-order valence-electron chi connectivity index (χ2n) is 7.60. The van der Waals surface area contributed by atoms with Gasteiger partial charge in [-0.2, -0.15) is 0 Å². The molecule has 2 aliphatic heterocycles. The first-order chi connectivity index (χ1) is 10.2. The molecule has 4 unspecified atom stereocenters. The van der Waals surface area contributed by atoms with Gasteiger partial charge in [-0.15, -0.1) is 0 Å². The molecule has 1 aliphatic carbocycles. The van der Waals surface area contributed by atoms with Crippen LogP contribution in [0, 0.1) is 5.92 Å². The molecule has 0 spiro atoms. The van der Waals surface area contributed by atoms with Crippen LogP contribution < -0.4 is 5.32 Å². The summed E-state index contributed by atoms with van der Waals surface area (Å²) < 4.78 is 0. The number of rotatable bonds is 4. The van der Waals surface area contributed by atoms with Gasteiger partial charge in [0.15, 0.2) is 0 Å². The summed E-state index contributed by atoms with van der Waals surface area (Å²) >= 11 is 0. The van der Waals surface area contributed by atoms with Crippen LogP contribution in [0.25, 0.3) is 0 Å². The number of piperidine rings is 2. The normalized spacial score (nSPS) is 42.1. The Morgan fingerprint density at radius 3 is 2.86 bits per heavy atom. The molecule has 2 heterocycles. The molecule has 3 aliphatic rings. The van der Waals surface area contributed by atoms with Gasteiger partial charge in [0.25, 0.3) is 0 Å². The molecule has 4 atom stereocenters. The number of fused-ring (bicyclic) bond motifs is 1. The molecule has 122 valence electrons. The van der Waals surface area contributed by atoms with Crippen molar-refractivity contribution in [3.05, 3.63) is 0 Å². The molecule has 1 saturated carbocycles. The fourth-order valence-corrected chi connectivity index (χ4v) is 5.16. The summed E-state index contributed by atoms with van der Waals surface area (Å²) in [6.07, 6.45) is 7.63. The lowest BCUT2D eigenvalue weighted by molar-refractivity contribution is 0.0186. The molecule has 0 aromatic carbocycles. The number of nitrogens with zero attached hydrogens (tertiary/aromatic N) is 2. The van der Waals surface area contributed by atoms with Crippen molar-refractivity contribution in [2.24, 2.45) is 5.92 Å². The van der Waals surface area contributed by atoms with E-state index >= 15 is 0 Å². The lowest BCUT2D eigenvalue weighted by Gasteiger charge is -2.47. The zero-order chi connectivity index (χ0) is 14.9. The molecule has 4 heteroatoms. The van der Waals surface area contributed by atoms with Crippen molar-refractivity contribution < 1.29 is 5.11 Å². The fourth-order valence-electron chi connectivity index (χ4n) is 5.16. The first kappa shape index (κ1) is 15.7. The van der Waals surface area contributed by atoms with E-state index in [1.807, 2.05) is 0 Å². The molecule has 2 saturated heterocycles. The minimum atomic E-state index is -0.000375. The standard InChI is InChI=1S/C17H33N3O/c1-3-18-17(13-21)8-6-15(11-17)20-10-7-16-14(12-20)5-4-9-19(16)2/h14-16,18,21H,3-13H2,1-2H3. The molecule has 21 heavy (non-hydrogen) atoms. The summed E-state index contributed by atoms with van der Waals surface area (Å²) in [4.78, 5) is 5.34. The molecule has 3 rings (SSSR count). The van der Waals surface area contributed by atoms with Crippen LogP contribution in [0.3, 0.4) is 0 Å². The largest absolute Gasteiger partial charge is 0.394 e. The van der Waals surface area contributed by atoms with Gasteiger partial charge < -0.3 is 15.3 Å². The van der Waals surface area contributed by atoms with Gasteiger partial charge in [-0.05, 0) is 71.1 Å². The van der Waals surface area contributed by atoms with Gasteiger partial charge in [0.1, 0.15) is 0 Å². The van der Waals surface area contributed by atoms with Crippen LogP contribution >= 0.6 is 0 Å². The maximum Gasteiger partial charge on any atom is 0.0613 e. The monoisotopic (exact) mass is 295 g/mol. The number of hydrogen-bond acceptors (Lipinski definition) is 4. The number of nitrogens with one attached hydrogen (secondary N) is 1. The van der Waals surface area contributed by atoms with Gasteiger partial charge in [-0.1, -0.05) is 6.92 Å². The molecular formula is C17H33N3O. The van der Waals surface area contributed by atoms with Gasteiger partial charge in [-0.3, -0.25) is 4.90 Å². The van der Waals surface area contributed by atoms with E-state index in [1.54, 1.807) is 0 Å². The van der Waals surface area contributed by atoms with Crippen molar-refractivity contribution in [2.45, 2.75) is 63.1 Å². The van der Waals surface area contributed by atoms with E-state index in [9.17, 15) is 5.11 Å². The predicted molar refractivity (Wildman–Crippen MR) is 86.5 cm³/mol. The lowest BCUT2D eigenvalue weighted by Crippen LogP contribution is -2.55. The van der Waals surface area contributed by atoms with E-state index in [0.717, 1.165) is 31.3 Å². The summed E-state index contributed by atoms with van der Waals surface area (Å²) in [6.45, 7) is 7.23. The summed E-state index contributed by atoms with van der Waals surface area (Å²) in [5, 5.41) is 13.4. The Balaban J connectivity index is 1.59. The third-order valence-electron chi connectivity index (χ3n) is 6.33. The van der Waals surface area contributed by atoms with E-state index in [2.05, 4.69) is 29.1 Å². The Labute approximate surface area is 129 Å². The Kier molecular flexibility index (Phi) is 4.89. The molecule has 4 nitrogen and oxygen atoms in total. The number of likely N-dealkylation sites (N-methyl/N-ethyl adjacent to an activating group) is 1. The van der Waals surface area contributed by atoms with Crippen LogP contribution in [0.1, 0.15) is 45.4 Å². The highest BCUT2D eigenvalue weighted by Gasteiger charge is 2.43. The Morgan fingerprint density at radius 2 is 2.10 bits per heavy atom. The van der Waals surface area contributed by atoms with Gasteiger partial charge in [0.2, 0.25) is 0 Å². The molecule has 2 N–H and O–H groups in total. The average Bonchev–Trinajstić information content (AvgIpc) is 2.92. The summed E-state index contributed by atoms with van der Waals surface area (Å²) in [5.41, 5.74) is -0.000375. The minimum Gasteiger partial charge on any atom is -0.394 e. The number of hydrogen-bond donors (Lipinski definition) is 2. The third-order valence-corrected chi connectivity index (χ3v) is 6.33. The van der Waals surface area contributed by atoms with Crippen LogP contribution in [0.4, 0.5) is 0 Å². The highest BCUT2D eigenvalue weighted by molar-refractivity contribution is 5.01. The van der Waals surface area contributed by atoms with Crippen molar-refractivity contribution in [3.8, 4) is 0 Å². The van der Waals surface area contributed by atoms with Crippen LogP contribution in [-0.2, 0) is 0 Å². The van der Waals surface area contributed by atoms with Crippen LogP contribution in [0.5, 0.6) is 0 Å². The fraction of sp³-hybridized carbons (Fsp3) is 1.00. The van der Waals surface area contributed by atoms with E-state index in [4.69, 9.17) is 0 Å². The lowest BCUT2D eigenvalue weighted by atomic mass is 9.83. The molecule has 0 amide bonds. The quantitative estimate of drug-likeness (QED) is 0.820. The summed E-state index contributed by atoms with van der Waals surface area (Å²) in [6, 6.07) is 1.51. The first-order valence-electron chi connectivity index (χ1n) is 8.97. The van der Waals surface area contributed by atoms with E-state index in [0.29, 0.717) is 12.6 Å². The molecule has 0 aromatic heterocycles. The zero-order valence-electron chi connectivity index (χ0n) is 13.9. The van der Waals surface area contributed by atoms with Crippen LogP contribution in [0.2, 0.25) is 0 Å². The van der Waals surface area contributed by atoms with Crippen molar-refractivity contribution in [3.63, 3.8) is 0 Å². The van der Waals surface area contributed by atoms with Gasteiger partial charge >= 0.3 is 0 Å². The van der Waals surface area contributed by atoms with Gasteiger partial charge in [0, 0.05) is 24.2 Å². The van der Waals surface area contributed by atoms with Crippen molar-refractivity contribution in [1.82, 2.24) is 15.1 Å². The smallest absolute Gasteiger partial charge is 0.0613 e. The second kappa shape index (κ2) is 6.53. The van der Waals surface area contributed by atoms with Crippen molar-refractivity contribution in [2.75, 3.05) is 39.8 Å². The number of aliphatic hydroxyl groups excluding tert-OH is 1. The average molecular weight is 295 g/mol. The van der Waals surface area contributed by atoms with E-state index in [-0.39, 0.29) is 5.54 Å². The number of aliphatic hydroxyl groups is 1. The molecule has 0 aromatic rings. The van der Waals surface area contributed by atoms with Crippen molar-refractivity contribution in [1.29, 1.82) is 0 Å². The van der Waals surface area contributed by atoms with Gasteiger partial charge in [0.05, 0.1) is 6.61 Å². The van der Waals surface area contributed by atoms with E-state index in [1.165, 1.54) is 45.3 Å². The topological polar surface area (TPSA) is 38.7 Å². The van der Waals surface area contributed by atoms with Gasteiger partial charge in [-0.25, -0.2) is 0 Å². The Hall–Kier alpha value is -0.160. The Morgan fingerprint density at radius 1 is 1.24 bits per heavy atom. The highest BCUT2D eigenvalue weighted by Crippen LogP contribution is 2.37. The SMILES string of the molecule is CCNC1(CO)CCC(N2CCC3C(CCCN3C)C2)C1. The molecule has 0 bridgehead atoms. The Bertz CT molecular complexity index is 351. The zero-order valence-corrected chi connectivity index (χ0v) is 13.9. The molecule has 3 fully saturated rings. The predicted octanol–water partition coefficient (Wildman–Crippen LogP) is 1.30. The summed E-state index contributed by atoms with van der Waals surface area (Å²) in [7, 11) is 2.31. The maximum absolute atomic E-state index is 9.80. The second-order valence-corrected chi connectivity index (χ2v) is 7.60. The minimum absolute atomic E-state index is 0.000375. The number of likely N-dealkylation sites (tertiary alicyclic amines) is 2. The van der Waals surface area contributed by atoms with Crippen LogP contribution in [0.15, 0.2) is 0 Å².